The van der Waals surface area contributed by atoms with Crippen LogP contribution < -0.4 is 0 Å². The average molecular weight is 481 g/mol. The molecule has 0 radical (unpaired) electrons. The molecule has 0 bridgehead atoms. The van der Waals surface area contributed by atoms with Crippen molar-refractivity contribution in [1.29, 1.82) is 0 Å². The van der Waals surface area contributed by atoms with E-state index in [-0.39, 0.29) is 28.6 Å². The molecule has 192 valence electrons. The molecule has 3 N–H and O–H groups in total. The molecule has 0 saturated heterocycles. The van der Waals surface area contributed by atoms with Crippen LogP contribution in [0.25, 0.3) is 0 Å². The molecule has 0 aliphatic heterocycles. The number of fused-ring (bicyclic) bond motifs is 5. The van der Waals surface area contributed by atoms with Crippen molar-refractivity contribution in [2.45, 2.75) is 135 Å². The second kappa shape index (κ2) is 8.57. The summed E-state index contributed by atoms with van der Waals surface area (Å²) in [5, 5.41) is 32.8. The Morgan fingerprint density at radius 3 is 2.24 bits per heavy atom. The summed E-state index contributed by atoms with van der Waals surface area (Å²) in [5.74, 6) is 1.99. The minimum Gasteiger partial charge on any atom is -0.414 e. The van der Waals surface area contributed by atoms with Crippen LogP contribution in [-0.4, -0.2) is 48.1 Å². The topological polar surface area (TPSA) is 69.9 Å². The fourth-order valence-corrected chi connectivity index (χ4v) is 10.3. The SMILES string of the molecule is CC(C)(C)[Si](C)(C)O[C@H]1CC[C@@]2(C)C(C1)C(O)C[C@@H]1[C@@H]2CC[C@@]2(C)[C@H]1CC[C@@]2(O)CCCO. The van der Waals surface area contributed by atoms with Crippen LogP contribution in [0.3, 0.4) is 0 Å². The van der Waals surface area contributed by atoms with Crippen LogP contribution in [-0.2, 0) is 4.43 Å². The van der Waals surface area contributed by atoms with Crippen molar-refractivity contribution in [3.05, 3.63) is 0 Å². The highest BCUT2D eigenvalue weighted by Crippen LogP contribution is 2.69. The number of aliphatic hydroxyl groups excluding tert-OH is 2. The molecule has 0 spiro atoms. The highest BCUT2D eigenvalue weighted by molar-refractivity contribution is 6.74. The summed E-state index contributed by atoms with van der Waals surface area (Å²) in [6.45, 7) is 16.6. The van der Waals surface area contributed by atoms with Gasteiger partial charge in [0.15, 0.2) is 8.32 Å². The lowest BCUT2D eigenvalue weighted by molar-refractivity contribution is -0.188. The van der Waals surface area contributed by atoms with E-state index in [9.17, 15) is 15.3 Å². The van der Waals surface area contributed by atoms with E-state index in [4.69, 9.17) is 4.43 Å². The standard InChI is InChI=1S/C28H52O4Si/c1-25(2,3)33(6,7)32-19-9-13-26(4)21-10-14-27(5)22(11-15-28(27,31)12-8-16-29)20(21)18-24(30)23(26)17-19/h19-24,29-31H,8-18H2,1-7H3/t19-,20+,21-,22-,23?,24?,26+,27-,28-/m0/s1. The molecule has 0 aromatic heterocycles. The lowest BCUT2D eigenvalue weighted by atomic mass is 9.43. The summed E-state index contributed by atoms with van der Waals surface area (Å²) in [7, 11) is -1.81. The zero-order valence-corrected chi connectivity index (χ0v) is 23.5. The Hall–Kier alpha value is 0.0569. The largest absolute Gasteiger partial charge is 0.414 e. The Balaban J connectivity index is 1.52. The van der Waals surface area contributed by atoms with Gasteiger partial charge in [-0.2, -0.15) is 0 Å². The smallest absolute Gasteiger partial charge is 0.192 e. The summed E-state index contributed by atoms with van der Waals surface area (Å²) in [4.78, 5) is 0. The van der Waals surface area contributed by atoms with Gasteiger partial charge in [-0.3, -0.25) is 0 Å². The van der Waals surface area contributed by atoms with E-state index in [1.165, 1.54) is 6.42 Å². The maximum Gasteiger partial charge on any atom is 0.192 e. The Morgan fingerprint density at radius 1 is 0.939 bits per heavy atom. The second-order valence-electron chi connectivity index (χ2n) is 14.4. The van der Waals surface area contributed by atoms with Crippen LogP contribution >= 0.6 is 0 Å². The predicted octanol–water partition coefficient (Wildman–Crippen LogP) is 5.89. The molecule has 33 heavy (non-hydrogen) atoms. The Bertz CT molecular complexity index is 719. The first-order valence-electron chi connectivity index (χ1n) is 13.9. The molecule has 4 aliphatic carbocycles. The van der Waals surface area contributed by atoms with Gasteiger partial charge in [0.2, 0.25) is 0 Å². The Labute approximate surface area is 204 Å². The number of rotatable bonds is 5. The fraction of sp³-hybridized carbons (Fsp3) is 1.00. The molecule has 0 aromatic rings. The number of hydrogen-bond acceptors (Lipinski definition) is 4. The van der Waals surface area contributed by atoms with E-state index < -0.39 is 13.9 Å². The van der Waals surface area contributed by atoms with Gasteiger partial charge in [-0.15, -0.1) is 0 Å². The zero-order chi connectivity index (χ0) is 24.4. The molecule has 0 aromatic carbocycles. The summed E-state index contributed by atoms with van der Waals surface area (Å²) in [6, 6.07) is 0. The molecule has 2 unspecified atom stereocenters. The van der Waals surface area contributed by atoms with Crippen LogP contribution in [0, 0.1) is 34.5 Å². The van der Waals surface area contributed by atoms with Crippen molar-refractivity contribution in [3.8, 4) is 0 Å². The van der Waals surface area contributed by atoms with E-state index in [0.29, 0.717) is 42.6 Å². The molecule has 4 rings (SSSR count). The normalized spacial score (nSPS) is 48.2. The van der Waals surface area contributed by atoms with E-state index in [0.717, 1.165) is 44.9 Å². The van der Waals surface area contributed by atoms with Crippen molar-refractivity contribution in [2.24, 2.45) is 34.5 Å². The minimum atomic E-state index is -1.81. The van der Waals surface area contributed by atoms with E-state index in [2.05, 4.69) is 47.7 Å². The molecule has 4 saturated carbocycles. The van der Waals surface area contributed by atoms with Gasteiger partial charge in [0.25, 0.3) is 0 Å². The van der Waals surface area contributed by atoms with Crippen molar-refractivity contribution in [2.75, 3.05) is 6.61 Å². The lowest BCUT2D eigenvalue weighted by Crippen LogP contribution is -2.60. The third-order valence-electron chi connectivity index (χ3n) is 12.0. The van der Waals surface area contributed by atoms with Crippen molar-refractivity contribution < 1.29 is 19.7 Å². The fourth-order valence-electron chi connectivity index (χ4n) is 8.86. The van der Waals surface area contributed by atoms with Crippen LogP contribution in [0.15, 0.2) is 0 Å². The van der Waals surface area contributed by atoms with E-state index >= 15 is 0 Å². The molecule has 0 amide bonds. The van der Waals surface area contributed by atoms with Gasteiger partial charge in [-0.05, 0) is 117 Å². The third-order valence-corrected chi connectivity index (χ3v) is 16.5. The molecule has 4 nitrogen and oxygen atoms in total. The maximum atomic E-state index is 11.7. The highest BCUT2D eigenvalue weighted by Gasteiger charge is 2.65. The van der Waals surface area contributed by atoms with Crippen LogP contribution in [0.1, 0.15) is 98.8 Å². The van der Waals surface area contributed by atoms with Crippen molar-refractivity contribution in [3.63, 3.8) is 0 Å². The summed E-state index contributed by atoms with van der Waals surface area (Å²) in [6.07, 6.45) is 9.81. The van der Waals surface area contributed by atoms with Gasteiger partial charge in [0.1, 0.15) is 0 Å². The van der Waals surface area contributed by atoms with Crippen molar-refractivity contribution in [1.82, 2.24) is 0 Å². The van der Waals surface area contributed by atoms with Crippen LogP contribution in [0.5, 0.6) is 0 Å². The lowest BCUT2D eigenvalue weighted by Gasteiger charge is -2.63. The minimum absolute atomic E-state index is 0.0745. The first kappa shape index (κ1) is 26.1. The van der Waals surface area contributed by atoms with E-state index in [1.54, 1.807) is 0 Å². The Morgan fingerprint density at radius 2 is 1.61 bits per heavy atom. The highest BCUT2D eigenvalue weighted by atomic mass is 28.4. The second-order valence-corrected chi connectivity index (χ2v) is 19.2. The molecule has 4 aliphatic rings. The van der Waals surface area contributed by atoms with Gasteiger partial charge in [0.05, 0.1) is 11.7 Å². The van der Waals surface area contributed by atoms with Gasteiger partial charge in [-0.1, -0.05) is 34.6 Å². The monoisotopic (exact) mass is 480 g/mol. The third kappa shape index (κ3) is 4.10. The summed E-state index contributed by atoms with van der Waals surface area (Å²) >= 11 is 0. The molecule has 0 heterocycles. The van der Waals surface area contributed by atoms with Crippen molar-refractivity contribution >= 4 is 8.32 Å². The van der Waals surface area contributed by atoms with Gasteiger partial charge in [0, 0.05) is 12.7 Å². The van der Waals surface area contributed by atoms with Gasteiger partial charge >= 0.3 is 0 Å². The summed E-state index contributed by atoms with van der Waals surface area (Å²) in [5.41, 5.74) is -0.541. The first-order chi connectivity index (χ1) is 15.2. The van der Waals surface area contributed by atoms with Gasteiger partial charge in [-0.25, -0.2) is 0 Å². The molecule has 5 heteroatoms. The summed E-state index contributed by atoms with van der Waals surface area (Å²) < 4.78 is 6.85. The van der Waals surface area contributed by atoms with Crippen LogP contribution in [0.4, 0.5) is 0 Å². The first-order valence-corrected chi connectivity index (χ1v) is 16.8. The maximum absolute atomic E-state index is 11.7. The number of aliphatic hydroxyl groups is 3. The number of hydrogen-bond donors (Lipinski definition) is 3. The molecule has 4 fully saturated rings. The van der Waals surface area contributed by atoms with Gasteiger partial charge < -0.3 is 19.7 Å². The Kier molecular flexibility index (Phi) is 6.79. The quantitative estimate of drug-likeness (QED) is 0.429. The van der Waals surface area contributed by atoms with Crippen LogP contribution in [0.2, 0.25) is 18.1 Å². The average Bonchev–Trinajstić information content (AvgIpc) is 2.98. The zero-order valence-electron chi connectivity index (χ0n) is 22.5. The molecular weight excluding hydrogens is 428 g/mol. The molecular formula is C28H52O4Si. The molecule has 9 atom stereocenters. The predicted molar refractivity (Wildman–Crippen MR) is 136 cm³/mol. The van der Waals surface area contributed by atoms with E-state index in [1.807, 2.05) is 0 Å².